The molecule has 0 saturated carbocycles. The van der Waals surface area contributed by atoms with E-state index in [1.807, 2.05) is 25.1 Å². The monoisotopic (exact) mass is 221 g/mol. The molecule has 1 aliphatic heterocycles. The number of amides is 1. The van der Waals surface area contributed by atoms with E-state index < -0.39 is 6.09 Å². The van der Waals surface area contributed by atoms with E-state index in [-0.39, 0.29) is 11.5 Å². The predicted molar refractivity (Wildman–Crippen MR) is 59.2 cm³/mol. The molecular weight excluding hydrogens is 206 g/mol. The van der Waals surface area contributed by atoms with E-state index in [4.69, 9.17) is 10.8 Å². The van der Waals surface area contributed by atoms with E-state index in [1.54, 1.807) is 6.20 Å². The van der Waals surface area contributed by atoms with Crippen LogP contribution in [-0.2, 0) is 5.41 Å². The Labute approximate surface area is 93.9 Å². The smallest absolute Gasteiger partial charge is 0.407 e. The maximum atomic E-state index is 10.8. The number of likely N-dealkylation sites (tertiary alicyclic amines) is 1. The number of pyridine rings is 1. The van der Waals surface area contributed by atoms with Gasteiger partial charge >= 0.3 is 6.09 Å². The van der Waals surface area contributed by atoms with E-state index in [1.165, 1.54) is 4.90 Å². The minimum absolute atomic E-state index is 0.113. The van der Waals surface area contributed by atoms with E-state index in [2.05, 4.69) is 4.98 Å². The second-order valence-electron chi connectivity index (χ2n) is 4.30. The van der Waals surface area contributed by atoms with E-state index in [0.29, 0.717) is 13.1 Å². The molecule has 1 saturated heterocycles. The van der Waals surface area contributed by atoms with Gasteiger partial charge in [0.15, 0.2) is 0 Å². The minimum Gasteiger partial charge on any atom is -0.465 e. The third-order valence-electron chi connectivity index (χ3n) is 3.26. The lowest BCUT2D eigenvalue weighted by Crippen LogP contribution is -2.67. The van der Waals surface area contributed by atoms with Crippen LogP contribution in [0.2, 0.25) is 0 Å². The first-order chi connectivity index (χ1) is 7.56. The fourth-order valence-electron chi connectivity index (χ4n) is 2.11. The number of rotatable bonds is 2. The van der Waals surface area contributed by atoms with Gasteiger partial charge in [-0.3, -0.25) is 4.98 Å². The van der Waals surface area contributed by atoms with Crippen molar-refractivity contribution < 1.29 is 9.90 Å². The van der Waals surface area contributed by atoms with Crippen molar-refractivity contribution in [2.45, 2.75) is 18.4 Å². The number of carboxylic acid groups (broad SMARTS) is 1. The highest BCUT2D eigenvalue weighted by Crippen LogP contribution is 2.35. The third kappa shape index (κ3) is 1.53. The van der Waals surface area contributed by atoms with Gasteiger partial charge in [-0.15, -0.1) is 0 Å². The van der Waals surface area contributed by atoms with Crippen molar-refractivity contribution in [3.8, 4) is 0 Å². The highest BCUT2D eigenvalue weighted by Gasteiger charge is 2.50. The van der Waals surface area contributed by atoms with Crippen LogP contribution in [0, 0.1) is 0 Å². The second kappa shape index (κ2) is 3.75. The molecule has 1 aromatic rings. The van der Waals surface area contributed by atoms with Crippen LogP contribution in [0.4, 0.5) is 4.79 Å². The Morgan fingerprint density at radius 1 is 1.62 bits per heavy atom. The third-order valence-corrected chi connectivity index (χ3v) is 3.26. The Hall–Kier alpha value is -1.62. The molecule has 3 N–H and O–H groups in total. The SMILES string of the molecule is C[C@H](N)C1(c2ccccn2)CN(C(=O)O)C1. The predicted octanol–water partition coefficient (Wildman–Crippen LogP) is 0.660. The van der Waals surface area contributed by atoms with Crippen molar-refractivity contribution in [2.24, 2.45) is 5.73 Å². The van der Waals surface area contributed by atoms with E-state index in [0.717, 1.165) is 5.69 Å². The van der Waals surface area contributed by atoms with Gasteiger partial charge in [0.2, 0.25) is 0 Å². The highest BCUT2D eigenvalue weighted by molar-refractivity contribution is 5.67. The summed E-state index contributed by atoms with van der Waals surface area (Å²) >= 11 is 0. The van der Waals surface area contributed by atoms with Crippen LogP contribution in [-0.4, -0.2) is 40.2 Å². The lowest BCUT2D eigenvalue weighted by atomic mass is 9.71. The van der Waals surface area contributed by atoms with E-state index >= 15 is 0 Å². The number of nitrogens with two attached hydrogens (primary N) is 1. The van der Waals surface area contributed by atoms with Crippen molar-refractivity contribution in [1.82, 2.24) is 9.88 Å². The molecule has 1 aromatic heterocycles. The van der Waals surface area contributed by atoms with Crippen LogP contribution in [0.1, 0.15) is 12.6 Å². The minimum atomic E-state index is -0.896. The summed E-state index contributed by atoms with van der Waals surface area (Å²) in [5.74, 6) is 0. The van der Waals surface area contributed by atoms with Gasteiger partial charge in [-0.05, 0) is 19.1 Å². The second-order valence-corrected chi connectivity index (χ2v) is 4.30. The molecule has 5 nitrogen and oxygen atoms in total. The van der Waals surface area contributed by atoms with Crippen LogP contribution in [0.25, 0.3) is 0 Å². The number of aromatic nitrogens is 1. The highest BCUT2D eigenvalue weighted by atomic mass is 16.4. The number of hydrogen-bond acceptors (Lipinski definition) is 3. The van der Waals surface area contributed by atoms with Gasteiger partial charge in [0.25, 0.3) is 0 Å². The average molecular weight is 221 g/mol. The molecule has 86 valence electrons. The Kier molecular flexibility index (Phi) is 2.55. The molecule has 2 rings (SSSR count). The molecule has 0 radical (unpaired) electrons. The number of hydrogen-bond donors (Lipinski definition) is 2. The molecule has 1 amide bonds. The zero-order valence-electron chi connectivity index (χ0n) is 9.13. The summed E-state index contributed by atoms with van der Waals surface area (Å²) in [5.41, 5.74) is 6.53. The van der Waals surface area contributed by atoms with Crippen LogP contribution in [0.15, 0.2) is 24.4 Å². The number of nitrogens with zero attached hydrogens (tertiary/aromatic N) is 2. The zero-order chi connectivity index (χ0) is 11.8. The molecule has 16 heavy (non-hydrogen) atoms. The van der Waals surface area contributed by atoms with Crippen molar-refractivity contribution in [3.63, 3.8) is 0 Å². The van der Waals surface area contributed by atoms with Crippen molar-refractivity contribution in [2.75, 3.05) is 13.1 Å². The van der Waals surface area contributed by atoms with Gasteiger partial charge in [0.1, 0.15) is 0 Å². The first-order valence-corrected chi connectivity index (χ1v) is 5.21. The summed E-state index contributed by atoms with van der Waals surface area (Å²) in [7, 11) is 0. The summed E-state index contributed by atoms with van der Waals surface area (Å²) < 4.78 is 0. The topological polar surface area (TPSA) is 79.5 Å². The Balaban J connectivity index is 2.24. The van der Waals surface area contributed by atoms with Gasteiger partial charge < -0.3 is 15.7 Å². The Bertz CT molecular complexity index is 385. The molecular formula is C11H15N3O2. The molecule has 0 bridgehead atoms. The largest absolute Gasteiger partial charge is 0.465 e. The first-order valence-electron chi connectivity index (χ1n) is 5.21. The molecule has 2 heterocycles. The molecule has 1 atom stereocenters. The molecule has 0 aromatic carbocycles. The Morgan fingerprint density at radius 2 is 2.31 bits per heavy atom. The van der Waals surface area contributed by atoms with Crippen LogP contribution in [0.5, 0.6) is 0 Å². The standard InChI is InChI=1S/C11H15N3O2/c1-8(12)11(6-14(7-11)10(15)16)9-4-2-3-5-13-9/h2-5,8H,6-7,12H2,1H3,(H,15,16)/t8-/m0/s1. The summed E-state index contributed by atoms with van der Waals surface area (Å²) in [6.07, 6.45) is 0.815. The maximum absolute atomic E-state index is 10.8. The fraction of sp³-hybridized carbons (Fsp3) is 0.455. The summed E-state index contributed by atoms with van der Waals surface area (Å²) in [6.45, 7) is 2.75. The summed E-state index contributed by atoms with van der Waals surface area (Å²) in [4.78, 5) is 16.4. The van der Waals surface area contributed by atoms with Gasteiger partial charge in [-0.1, -0.05) is 6.07 Å². The van der Waals surface area contributed by atoms with Crippen molar-refractivity contribution >= 4 is 6.09 Å². The zero-order valence-corrected chi connectivity index (χ0v) is 9.13. The lowest BCUT2D eigenvalue weighted by molar-refractivity contribution is 0.0465. The van der Waals surface area contributed by atoms with Gasteiger partial charge in [-0.25, -0.2) is 4.79 Å². The van der Waals surface area contributed by atoms with Gasteiger partial charge in [-0.2, -0.15) is 0 Å². The molecule has 1 fully saturated rings. The van der Waals surface area contributed by atoms with Crippen LogP contribution >= 0.6 is 0 Å². The first kappa shape index (κ1) is 10.9. The van der Waals surface area contributed by atoms with Crippen LogP contribution in [0.3, 0.4) is 0 Å². The molecule has 0 aliphatic carbocycles. The van der Waals surface area contributed by atoms with Crippen molar-refractivity contribution in [1.29, 1.82) is 0 Å². The molecule has 5 heteroatoms. The molecule has 0 unspecified atom stereocenters. The summed E-state index contributed by atoms with van der Waals surface area (Å²) in [6, 6.07) is 5.53. The van der Waals surface area contributed by atoms with Gasteiger partial charge in [0.05, 0.1) is 11.1 Å². The van der Waals surface area contributed by atoms with Crippen LogP contribution < -0.4 is 5.73 Å². The quantitative estimate of drug-likeness (QED) is 0.768. The fourth-order valence-corrected chi connectivity index (χ4v) is 2.11. The maximum Gasteiger partial charge on any atom is 0.407 e. The normalized spacial score (nSPS) is 20.0. The van der Waals surface area contributed by atoms with E-state index in [9.17, 15) is 4.79 Å². The van der Waals surface area contributed by atoms with Gasteiger partial charge in [0, 0.05) is 25.3 Å². The van der Waals surface area contributed by atoms with Crippen molar-refractivity contribution in [3.05, 3.63) is 30.1 Å². The average Bonchev–Trinajstić information content (AvgIpc) is 2.16. The Morgan fingerprint density at radius 3 is 2.75 bits per heavy atom. The summed E-state index contributed by atoms with van der Waals surface area (Å²) in [5, 5.41) is 8.86. The number of carbonyl (C=O) groups is 1. The lowest BCUT2D eigenvalue weighted by Gasteiger charge is -2.50. The molecule has 0 spiro atoms. The molecule has 1 aliphatic rings.